The van der Waals surface area contributed by atoms with Gasteiger partial charge in [0.1, 0.15) is 0 Å². The lowest BCUT2D eigenvalue weighted by atomic mass is 9.82. The molecule has 5 atom stereocenters. The molecule has 0 amide bonds. The summed E-state index contributed by atoms with van der Waals surface area (Å²) in [5.74, 6) is 2.20. The van der Waals surface area contributed by atoms with Crippen molar-refractivity contribution in [3.63, 3.8) is 0 Å². The van der Waals surface area contributed by atoms with Gasteiger partial charge in [0.05, 0.1) is 17.8 Å². The SMILES string of the molecule is CCCC(C)C(C)(C)O[C@H]1C[C@@H](OC)C2CC[C@@H]1C2. The van der Waals surface area contributed by atoms with Gasteiger partial charge < -0.3 is 9.47 Å². The number of ether oxygens (including phenoxy) is 2. The monoisotopic (exact) mass is 268 g/mol. The molecule has 2 aliphatic rings. The Morgan fingerprint density at radius 1 is 1.11 bits per heavy atom. The summed E-state index contributed by atoms with van der Waals surface area (Å²) in [6.07, 6.45) is 8.45. The molecule has 2 bridgehead atoms. The molecule has 2 aliphatic carbocycles. The van der Waals surface area contributed by atoms with Gasteiger partial charge in [0, 0.05) is 13.5 Å². The first-order valence-corrected chi connectivity index (χ1v) is 8.18. The molecule has 0 heterocycles. The molecule has 2 nitrogen and oxygen atoms in total. The van der Waals surface area contributed by atoms with E-state index in [2.05, 4.69) is 27.7 Å². The topological polar surface area (TPSA) is 18.5 Å². The molecule has 2 fully saturated rings. The van der Waals surface area contributed by atoms with Gasteiger partial charge in [-0.3, -0.25) is 0 Å². The first-order chi connectivity index (χ1) is 8.97. The predicted octanol–water partition coefficient (Wildman–Crippen LogP) is 4.42. The Kier molecular flexibility index (Phi) is 4.94. The number of hydrogen-bond acceptors (Lipinski definition) is 2. The van der Waals surface area contributed by atoms with Crippen LogP contribution in [0.3, 0.4) is 0 Å². The molecule has 0 radical (unpaired) electrons. The molecule has 0 aromatic heterocycles. The van der Waals surface area contributed by atoms with Crippen molar-refractivity contribution >= 4 is 0 Å². The van der Waals surface area contributed by atoms with Crippen LogP contribution in [0.25, 0.3) is 0 Å². The minimum absolute atomic E-state index is 0.00556. The first-order valence-electron chi connectivity index (χ1n) is 8.18. The van der Waals surface area contributed by atoms with Crippen LogP contribution in [0.2, 0.25) is 0 Å². The Bertz CT molecular complexity index is 287. The lowest BCUT2D eigenvalue weighted by molar-refractivity contribution is -0.149. The highest BCUT2D eigenvalue weighted by Crippen LogP contribution is 2.46. The average Bonchev–Trinajstić information content (AvgIpc) is 2.78. The second-order valence-corrected chi connectivity index (χ2v) is 7.29. The van der Waals surface area contributed by atoms with Gasteiger partial charge in [-0.2, -0.15) is 0 Å². The largest absolute Gasteiger partial charge is 0.381 e. The van der Waals surface area contributed by atoms with Gasteiger partial charge in [-0.25, -0.2) is 0 Å². The minimum atomic E-state index is -0.00556. The Morgan fingerprint density at radius 2 is 1.74 bits per heavy atom. The number of methoxy groups -OCH3 is 1. The average molecular weight is 268 g/mol. The summed E-state index contributed by atoms with van der Waals surface area (Å²) in [6, 6.07) is 0. The highest BCUT2D eigenvalue weighted by molar-refractivity contribution is 4.94. The Balaban J connectivity index is 1.97. The van der Waals surface area contributed by atoms with Gasteiger partial charge in [0.25, 0.3) is 0 Å². The van der Waals surface area contributed by atoms with Crippen molar-refractivity contribution in [2.45, 2.75) is 84.0 Å². The Hall–Kier alpha value is -0.0800. The maximum atomic E-state index is 6.58. The summed E-state index contributed by atoms with van der Waals surface area (Å²) in [7, 11) is 1.87. The maximum Gasteiger partial charge on any atom is 0.0655 e. The van der Waals surface area contributed by atoms with E-state index in [0.29, 0.717) is 18.1 Å². The quantitative estimate of drug-likeness (QED) is 0.710. The fraction of sp³-hybridized carbons (Fsp3) is 1.00. The van der Waals surface area contributed by atoms with Crippen LogP contribution in [0.4, 0.5) is 0 Å². The Morgan fingerprint density at radius 3 is 2.32 bits per heavy atom. The second-order valence-electron chi connectivity index (χ2n) is 7.29. The fourth-order valence-corrected chi connectivity index (χ4v) is 4.06. The lowest BCUT2D eigenvalue weighted by Gasteiger charge is -2.41. The third-order valence-corrected chi connectivity index (χ3v) is 5.70. The standard InChI is InChI=1S/C17H32O2/c1-6-7-12(2)17(3,4)19-16-11-15(18-5)13-8-9-14(16)10-13/h12-16H,6-11H2,1-5H3/t12?,13?,14-,15-,16+/m1/s1. The van der Waals surface area contributed by atoms with E-state index in [1.54, 1.807) is 0 Å². The molecule has 2 unspecified atom stereocenters. The second kappa shape index (κ2) is 6.13. The van der Waals surface area contributed by atoms with Crippen LogP contribution in [0.5, 0.6) is 0 Å². The van der Waals surface area contributed by atoms with E-state index < -0.39 is 0 Å². The van der Waals surface area contributed by atoms with Crippen LogP contribution in [0, 0.1) is 17.8 Å². The summed E-state index contributed by atoms with van der Waals surface area (Å²) in [4.78, 5) is 0. The molecular formula is C17H32O2. The van der Waals surface area contributed by atoms with E-state index in [0.717, 1.165) is 18.3 Å². The van der Waals surface area contributed by atoms with Gasteiger partial charge in [-0.1, -0.05) is 20.3 Å². The first kappa shape index (κ1) is 15.3. The summed E-state index contributed by atoms with van der Waals surface area (Å²) >= 11 is 0. The zero-order valence-electron chi connectivity index (χ0n) is 13.4. The molecule has 0 saturated heterocycles. The maximum absolute atomic E-state index is 6.58. The number of fused-ring (bicyclic) bond motifs is 2. The normalized spacial score (nSPS) is 36.5. The van der Waals surface area contributed by atoms with Gasteiger partial charge in [-0.15, -0.1) is 0 Å². The summed E-state index contributed by atoms with van der Waals surface area (Å²) < 4.78 is 12.3. The highest BCUT2D eigenvalue weighted by atomic mass is 16.5. The van der Waals surface area contributed by atoms with Crippen LogP contribution in [-0.4, -0.2) is 24.9 Å². The van der Waals surface area contributed by atoms with Gasteiger partial charge in [-0.05, 0) is 57.3 Å². The number of hydrogen-bond donors (Lipinski definition) is 0. The Labute approximate surface area is 119 Å². The van der Waals surface area contributed by atoms with Crippen molar-refractivity contribution in [3.05, 3.63) is 0 Å². The molecule has 112 valence electrons. The van der Waals surface area contributed by atoms with Crippen LogP contribution in [-0.2, 0) is 9.47 Å². The van der Waals surface area contributed by atoms with Crippen molar-refractivity contribution in [2.75, 3.05) is 7.11 Å². The molecule has 2 rings (SSSR count). The van der Waals surface area contributed by atoms with Gasteiger partial charge >= 0.3 is 0 Å². The van der Waals surface area contributed by atoms with Crippen LogP contribution in [0.15, 0.2) is 0 Å². The summed E-state index contributed by atoms with van der Waals surface area (Å²) in [5.41, 5.74) is -0.00556. The molecule has 2 saturated carbocycles. The van der Waals surface area contributed by atoms with Gasteiger partial charge in [0.15, 0.2) is 0 Å². The highest BCUT2D eigenvalue weighted by Gasteiger charge is 2.44. The molecule has 2 heteroatoms. The zero-order chi connectivity index (χ0) is 14.0. The molecule has 0 aromatic rings. The molecule has 19 heavy (non-hydrogen) atoms. The lowest BCUT2D eigenvalue weighted by Crippen LogP contribution is -2.43. The fourth-order valence-electron chi connectivity index (χ4n) is 4.06. The van der Waals surface area contributed by atoms with E-state index in [4.69, 9.17) is 9.47 Å². The predicted molar refractivity (Wildman–Crippen MR) is 79.3 cm³/mol. The van der Waals surface area contributed by atoms with E-state index in [1.807, 2.05) is 7.11 Å². The third kappa shape index (κ3) is 3.33. The minimum Gasteiger partial charge on any atom is -0.381 e. The molecule has 0 N–H and O–H groups in total. The van der Waals surface area contributed by atoms with Crippen molar-refractivity contribution in [2.24, 2.45) is 17.8 Å². The van der Waals surface area contributed by atoms with Crippen LogP contribution >= 0.6 is 0 Å². The van der Waals surface area contributed by atoms with Gasteiger partial charge in [0.2, 0.25) is 0 Å². The zero-order valence-corrected chi connectivity index (χ0v) is 13.4. The summed E-state index contributed by atoms with van der Waals surface area (Å²) in [6.45, 7) is 9.14. The molecule has 0 aromatic carbocycles. The number of rotatable bonds is 6. The van der Waals surface area contributed by atoms with Crippen LogP contribution in [0.1, 0.15) is 66.2 Å². The van der Waals surface area contributed by atoms with Crippen molar-refractivity contribution in [1.82, 2.24) is 0 Å². The molecule has 0 aliphatic heterocycles. The van der Waals surface area contributed by atoms with Crippen molar-refractivity contribution < 1.29 is 9.47 Å². The third-order valence-electron chi connectivity index (χ3n) is 5.70. The van der Waals surface area contributed by atoms with Crippen molar-refractivity contribution in [1.29, 1.82) is 0 Å². The van der Waals surface area contributed by atoms with Crippen LogP contribution < -0.4 is 0 Å². The smallest absolute Gasteiger partial charge is 0.0655 e. The molecular weight excluding hydrogens is 236 g/mol. The van der Waals surface area contributed by atoms with E-state index >= 15 is 0 Å². The van der Waals surface area contributed by atoms with E-state index in [9.17, 15) is 0 Å². The van der Waals surface area contributed by atoms with Crippen molar-refractivity contribution in [3.8, 4) is 0 Å². The summed E-state index contributed by atoms with van der Waals surface area (Å²) in [5, 5.41) is 0. The van der Waals surface area contributed by atoms with E-state index in [-0.39, 0.29) is 5.60 Å². The van der Waals surface area contributed by atoms with E-state index in [1.165, 1.54) is 32.1 Å². The molecule has 0 spiro atoms.